The molecule has 1 aliphatic rings. The average Bonchev–Trinajstić information content (AvgIpc) is 2.78. The maximum atomic E-state index is 13.8. The Morgan fingerprint density at radius 3 is 2.55 bits per heavy atom. The molecule has 1 aliphatic heterocycles. The van der Waals surface area contributed by atoms with Crippen molar-refractivity contribution < 1.29 is 9.18 Å². The molecule has 0 spiro atoms. The summed E-state index contributed by atoms with van der Waals surface area (Å²) < 4.78 is 13.8. The molecule has 1 aromatic heterocycles. The number of piperazine rings is 1. The number of aromatic nitrogens is 1. The molecule has 4 N–H and O–H groups in total. The molecule has 8 heteroatoms. The molecule has 0 unspecified atom stereocenters. The van der Waals surface area contributed by atoms with Crippen LogP contribution in [0.1, 0.15) is 15.9 Å². The van der Waals surface area contributed by atoms with Gasteiger partial charge in [0, 0.05) is 49.0 Å². The maximum absolute atomic E-state index is 13.8. The first kappa shape index (κ1) is 20.6. The highest BCUT2D eigenvalue weighted by Gasteiger charge is 2.20. The van der Waals surface area contributed by atoms with Gasteiger partial charge in [0.2, 0.25) is 0 Å². The van der Waals surface area contributed by atoms with Gasteiger partial charge in [-0.15, -0.1) is 0 Å². The third-order valence-electron chi connectivity index (χ3n) is 5.46. The number of pyridine rings is 1. The van der Waals surface area contributed by atoms with Gasteiger partial charge in [-0.05, 0) is 43.4 Å². The third-order valence-corrected chi connectivity index (χ3v) is 5.46. The summed E-state index contributed by atoms with van der Waals surface area (Å²) in [6.07, 6.45) is 1.51. The second-order valence-corrected chi connectivity index (χ2v) is 7.63. The molecule has 2 heterocycles. The van der Waals surface area contributed by atoms with Crippen molar-refractivity contribution in [2.45, 2.75) is 0 Å². The SMILES string of the molecule is CN1CCN(C(=O)c2ccc(N/C=C(\N)c3cc4cccc(F)c4[nH]c3=O)cc2)CC1. The first-order valence-electron chi connectivity index (χ1n) is 10.0. The van der Waals surface area contributed by atoms with E-state index in [9.17, 15) is 14.0 Å². The number of carbonyl (C=O) groups excluding carboxylic acids is 1. The molecule has 0 bridgehead atoms. The Hall–Kier alpha value is -3.65. The third kappa shape index (κ3) is 4.44. The van der Waals surface area contributed by atoms with Gasteiger partial charge in [0.15, 0.2) is 0 Å². The number of H-pyrrole nitrogens is 1. The maximum Gasteiger partial charge on any atom is 0.257 e. The van der Waals surface area contributed by atoms with Crippen LogP contribution in [-0.2, 0) is 0 Å². The van der Waals surface area contributed by atoms with E-state index in [-0.39, 0.29) is 22.7 Å². The lowest BCUT2D eigenvalue weighted by atomic mass is 10.1. The molecule has 3 aromatic rings. The molecule has 0 saturated carbocycles. The standard InChI is InChI=1S/C23H24FN5O2/c1-28-9-11-29(12-10-28)23(31)15-5-7-17(8-6-15)26-14-20(25)18-13-16-3-2-4-19(24)21(16)27-22(18)30/h2-8,13-14,26H,9-12,25H2,1H3,(H,27,30)/b20-14-. The van der Waals surface area contributed by atoms with Gasteiger partial charge in [-0.1, -0.05) is 12.1 Å². The molecule has 1 saturated heterocycles. The molecule has 4 rings (SSSR count). The predicted octanol–water partition coefficient (Wildman–Crippen LogP) is 2.42. The van der Waals surface area contributed by atoms with Crippen LogP contribution in [0.15, 0.2) is 59.5 Å². The van der Waals surface area contributed by atoms with E-state index in [0.717, 1.165) is 31.9 Å². The van der Waals surface area contributed by atoms with Gasteiger partial charge in [0.05, 0.1) is 16.8 Å². The second-order valence-electron chi connectivity index (χ2n) is 7.63. The van der Waals surface area contributed by atoms with Crippen molar-refractivity contribution in [1.29, 1.82) is 0 Å². The highest BCUT2D eigenvalue weighted by Crippen LogP contribution is 2.17. The minimum Gasteiger partial charge on any atom is -0.397 e. The topological polar surface area (TPSA) is 94.5 Å². The minimum absolute atomic E-state index is 0.0182. The summed E-state index contributed by atoms with van der Waals surface area (Å²) in [7, 11) is 2.05. The Kier molecular flexibility index (Phi) is 5.73. The molecule has 7 nitrogen and oxygen atoms in total. The number of para-hydroxylation sites is 1. The van der Waals surface area contributed by atoms with Crippen LogP contribution in [0, 0.1) is 5.82 Å². The number of hydrogen-bond acceptors (Lipinski definition) is 5. The molecule has 1 fully saturated rings. The number of anilines is 1. The molecular weight excluding hydrogens is 397 g/mol. The van der Waals surface area contributed by atoms with E-state index in [1.54, 1.807) is 42.5 Å². The van der Waals surface area contributed by atoms with Crippen molar-refractivity contribution in [3.05, 3.63) is 82.0 Å². The van der Waals surface area contributed by atoms with Gasteiger partial charge in [0.25, 0.3) is 11.5 Å². The number of nitrogens with two attached hydrogens (primary N) is 1. The molecule has 2 aromatic carbocycles. The van der Waals surface area contributed by atoms with Gasteiger partial charge < -0.3 is 25.8 Å². The fraction of sp³-hybridized carbons (Fsp3) is 0.217. The summed E-state index contributed by atoms with van der Waals surface area (Å²) in [5, 5.41) is 3.59. The van der Waals surface area contributed by atoms with Crippen molar-refractivity contribution in [2.24, 2.45) is 5.73 Å². The zero-order valence-corrected chi connectivity index (χ0v) is 17.2. The highest BCUT2D eigenvalue weighted by atomic mass is 19.1. The van der Waals surface area contributed by atoms with Crippen LogP contribution in [0.4, 0.5) is 10.1 Å². The zero-order valence-electron chi connectivity index (χ0n) is 17.2. The zero-order chi connectivity index (χ0) is 22.0. The molecule has 1 amide bonds. The van der Waals surface area contributed by atoms with Crippen LogP contribution in [-0.4, -0.2) is 53.9 Å². The number of nitrogens with zero attached hydrogens (tertiary/aromatic N) is 2. The van der Waals surface area contributed by atoms with E-state index in [4.69, 9.17) is 5.73 Å². The van der Waals surface area contributed by atoms with Crippen LogP contribution in [0.2, 0.25) is 0 Å². The monoisotopic (exact) mass is 421 g/mol. The lowest BCUT2D eigenvalue weighted by molar-refractivity contribution is 0.0664. The first-order valence-corrected chi connectivity index (χ1v) is 10.0. The first-order chi connectivity index (χ1) is 14.9. The van der Waals surface area contributed by atoms with Crippen LogP contribution in [0.3, 0.4) is 0 Å². The highest BCUT2D eigenvalue weighted by molar-refractivity contribution is 5.94. The lowest BCUT2D eigenvalue weighted by Crippen LogP contribution is -2.47. The van der Waals surface area contributed by atoms with Crippen LogP contribution >= 0.6 is 0 Å². The van der Waals surface area contributed by atoms with Crippen LogP contribution < -0.4 is 16.6 Å². The number of aromatic amines is 1. The number of carbonyl (C=O) groups is 1. The smallest absolute Gasteiger partial charge is 0.257 e. The normalized spacial score (nSPS) is 15.3. The van der Waals surface area contributed by atoms with E-state index in [2.05, 4.69) is 15.2 Å². The van der Waals surface area contributed by atoms with Gasteiger partial charge in [0.1, 0.15) is 5.82 Å². The Morgan fingerprint density at radius 1 is 1.13 bits per heavy atom. The summed E-state index contributed by atoms with van der Waals surface area (Å²) in [6, 6.07) is 13.2. The van der Waals surface area contributed by atoms with Gasteiger partial charge in [-0.2, -0.15) is 0 Å². The fourth-order valence-corrected chi connectivity index (χ4v) is 3.55. The van der Waals surface area contributed by atoms with Crippen LogP contribution in [0.25, 0.3) is 16.6 Å². The fourth-order valence-electron chi connectivity index (χ4n) is 3.55. The summed E-state index contributed by atoms with van der Waals surface area (Å²) in [5.41, 5.74) is 7.56. The molecular formula is C23H24FN5O2. The van der Waals surface area contributed by atoms with Crippen molar-refractivity contribution in [2.75, 3.05) is 38.5 Å². The predicted molar refractivity (Wildman–Crippen MR) is 120 cm³/mol. The number of fused-ring (bicyclic) bond motifs is 1. The van der Waals surface area contributed by atoms with Gasteiger partial charge >= 0.3 is 0 Å². The van der Waals surface area contributed by atoms with E-state index in [1.165, 1.54) is 12.3 Å². The summed E-state index contributed by atoms with van der Waals surface area (Å²) in [6.45, 7) is 3.18. The van der Waals surface area contributed by atoms with Crippen LogP contribution in [0.5, 0.6) is 0 Å². The van der Waals surface area contributed by atoms with Crippen molar-refractivity contribution in [1.82, 2.24) is 14.8 Å². The average molecular weight is 421 g/mol. The Bertz CT molecular complexity index is 1190. The van der Waals surface area contributed by atoms with Crippen molar-refractivity contribution >= 4 is 28.2 Å². The van der Waals surface area contributed by atoms with Crippen molar-refractivity contribution in [3.8, 4) is 0 Å². The minimum atomic E-state index is -0.493. The number of rotatable bonds is 4. The van der Waals surface area contributed by atoms with E-state index in [1.807, 2.05) is 11.9 Å². The number of amides is 1. The molecule has 160 valence electrons. The van der Waals surface area contributed by atoms with Gasteiger partial charge in [-0.25, -0.2) is 4.39 Å². The van der Waals surface area contributed by atoms with E-state index >= 15 is 0 Å². The number of halogens is 1. The van der Waals surface area contributed by atoms with Crippen molar-refractivity contribution in [3.63, 3.8) is 0 Å². The Labute approximate surface area is 179 Å². The number of hydrogen-bond donors (Lipinski definition) is 3. The molecule has 0 atom stereocenters. The lowest BCUT2D eigenvalue weighted by Gasteiger charge is -2.32. The van der Waals surface area contributed by atoms with E-state index in [0.29, 0.717) is 10.9 Å². The second kappa shape index (κ2) is 8.61. The summed E-state index contributed by atoms with van der Waals surface area (Å²) in [5.74, 6) is -0.474. The Balaban J connectivity index is 1.47. The number of likely N-dealkylation sites (N-methyl/N-ethyl adjacent to an activating group) is 1. The summed E-state index contributed by atoms with van der Waals surface area (Å²) >= 11 is 0. The Morgan fingerprint density at radius 2 is 1.84 bits per heavy atom. The number of benzene rings is 2. The summed E-state index contributed by atoms with van der Waals surface area (Å²) in [4.78, 5) is 31.5. The molecule has 31 heavy (non-hydrogen) atoms. The number of nitrogens with one attached hydrogen (secondary N) is 2. The molecule has 0 radical (unpaired) electrons. The van der Waals surface area contributed by atoms with E-state index < -0.39 is 11.4 Å². The van der Waals surface area contributed by atoms with Gasteiger partial charge in [-0.3, -0.25) is 9.59 Å². The largest absolute Gasteiger partial charge is 0.397 e. The molecule has 0 aliphatic carbocycles. The quantitative estimate of drug-likeness (QED) is 0.602.